The number of carbonyl (C=O) groups is 1. The Morgan fingerprint density at radius 2 is 2.13 bits per heavy atom. The van der Waals surface area contributed by atoms with Crippen LogP contribution in [0.15, 0.2) is 35.9 Å². The van der Waals surface area contributed by atoms with E-state index in [2.05, 4.69) is 0 Å². The molecule has 78 valence electrons. The van der Waals surface area contributed by atoms with Crippen molar-refractivity contribution in [2.75, 3.05) is 5.73 Å². The lowest BCUT2D eigenvalue weighted by Crippen LogP contribution is -2.16. The molecule has 0 aliphatic carbocycles. The molecule has 1 atom stereocenters. The lowest BCUT2D eigenvalue weighted by atomic mass is 10.3. The summed E-state index contributed by atoms with van der Waals surface area (Å²) in [7, 11) is 0. The van der Waals surface area contributed by atoms with Crippen molar-refractivity contribution in [3.8, 4) is 5.75 Å². The molecular formula is C11H11NO3. The van der Waals surface area contributed by atoms with E-state index in [0.717, 1.165) is 0 Å². The first-order valence-electron chi connectivity index (χ1n) is 4.57. The van der Waals surface area contributed by atoms with Crippen LogP contribution in [0.4, 0.5) is 5.69 Å². The minimum Gasteiger partial charge on any atom is -0.449 e. The van der Waals surface area contributed by atoms with Crippen molar-refractivity contribution >= 4 is 11.7 Å². The molecule has 0 spiro atoms. The third kappa shape index (κ3) is 1.93. The molecule has 1 aromatic carbocycles. The number of nitrogen functional groups attached to an aromatic ring is 1. The Labute approximate surface area is 87.3 Å². The zero-order valence-electron chi connectivity index (χ0n) is 8.27. The van der Waals surface area contributed by atoms with E-state index in [0.29, 0.717) is 17.0 Å². The van der Waals surface area contributed by atoms with Gasteiger partial charge in [-0.2, -0.15) is 0 Å². The van der Waals surface area contributed by atoms with E-state index in [-0.39, 0.29) is 5.97 Å². The predicted octanol–water partition coefficient (Wildman–Crippen LogP) is 1.48. The topological polar surface area (TPSA) is 61.6 Å². The van der Waals surface area contributed by atoms with Crippen molar-refractivity contribution in [1.29, 1.82) is 0 Å². The Morgan fingerprint density at radius 3 is 2.73 bits per heavy atom. The molecule has 0 aromatic heterocycles. The quantitative estimate of drug-likeness (QED) is 0.586. The summed E-state index contributed by atoms with van der Waals surface area (Å²) in [5, 5.41) is 0. The summed E-state index contributed by atoms with van der Waals surface area (Å²) in [4.78, 5) is 11.1. The van der Waals surface area contributed by atoms with Gasteiger partial charge in [-0.3, -0.25) is 0 Å². The van der Waals surface area contributed by atoms with Crippen LogP contribution in [-0.2, 0) is 9.53 Å². The number of rotatable bonds is 2. The minimum absolute atomic E-state index is 0.352. The summed E-state index contributed by atoms with van der Waals surface area (Å²) in [5.41, 5.74) is 6.75. The van der Waals surface area contributed by atoms with Gasteiger partial charge in [0.2, 0.25) is 0 Å². The van der Waals surface area contributed by atoms with Crippen LogP contribution in [0, 0.1) is 0 Å². The van der Waals surface area contributed by atoms with Crippen molar-refractivity contribution < 1.29 is 14.3 Å². The summed E-state index contributed by atoms with van der Waals surface area (Å²) >= 11 is 0. The van der Waals surface area contributed by atoms with Gasteiger partial charge in [-0.1, -0.05) is 12.1 Å². The third-order valence-electron chi connectivity index (χ3n) is 2.09. The monoisotopic (exact) mass is 205 g/mol. The molecule has 0 radical (unpaired) electrons. The van der Waals surface area contributed by atoms with Crippen LogP contribution in [0.2, 0.25) is 0 Å². The van der Waals surface area contributed by atoms with Crippen LogP contribution in [-0.4, -0.2) is 12.3 Å². The zero-order valence-corrected chi connectivity index (χ0v) is 8.27. The fourth-order valence-electron chi connectivity index (χ4n) is 1.28. The van der Waals surface area contributed by atoms with E-state index in [1.165, 1.54) is 0 Å². The standard InChI is InChI=1S/C11H11NO3/c1-7-6-10(15-11(7)13)14-9-5-3-2-4-8(9)12/h2-6,10H,12H2,1H3. The maximum atomic E-state index is 11.1. The summed E-state index contributed by atoms with van der Waals surface area (Å²) in [6.07, 6.45) is 0.955. The van der Waals surface area contributed by atoms with Gasteiger partial charge in [-0.15, -0.1) is 0 Å². The van der Waals surface area contributed by atoms with E-state index in [4.69, 9.17) is 15.2 Å². The molecule has 15 heavy (non-hydrogen) atoms. The highest BCUT2D eigenvalue weighted by Gasteiger charge is 2.23. The molecule has 1 heterocycles. The van der Waals surface area contributed by atoms with Crippen molar-refractivity contribution in [3.05, 3.63) is 35.9 Å². The second-order valence-electron chi connectivity index (χ2n) is 3.28. The predicted molar refractivity (Wildman–Crippen MR) is 55.1 cm³/mol. The molecule has 4 nitrogen and oxygen atoms in total. The molecule has 0 amide bonds. The number of benzene rings is 1. The zero-order chi connectivity index (χ0) is 10.8. The van der Waals surface area contributed by atoms with Crippen LogP contribution in [0.25, 0.3) is 0 Å². The minimum atomic E-state index is -0.665. The molecule has 1 aromatic rings. The van der Waals surface area contributed by atoms with E-state index >= 15 is 0 Å². The van der Waals surface area contributed by atoms with Gasteiger partial charge >= 0.3 is 5.97 Å². The van der Waals surface area contributed by atoms with Gasteiger partial charge < -0.3 is 15.2 Å². The molecule has 0 bridgehead atoms. The van der Waals surface area contributed by atoms with Crippen LogP contribution >= 0.6 is 0 Å². The van der Waals surface area contributed by atoms with Gasteiger partial charge in [0.05, 0.1) is 5.69 Å². The van der Waals surface area contributed by atoms with Crippen LogP contribution < -0.4 is 10.5 Å². The first kappa shape index (κ1) is 9.58. The molecular weight excluding hydrogens is 194 g/mol. The van der Waals surface area contributed by atoms with Gasteiger partial charge in [0.1, 0.15) is 5.75 Å². The highest BCUT2D eigenvalue weighted by Crippen LogP contribution is 2.24. The Kier molecular flexibility index (Phi) is 2.33. The number of carbonyl (C=O) groups excluding carboxylic acids is 1. The number of anilines is 1. The fourth-order valence-corrected chi connectivity index (χ4v) is 1.28. The average molecular weight is 205 g/mol. The number of hydrogen-bond donors (Lipinski definition) is 1. The fraction of sp³-hybridized carbons (Fsp3) is 0.182. The van der Waals surface area contributed by atoms with Gasteiger partial charge in [-0.05, 0) is 19.1 Å². The molecule has 2 rings (SSSR count). The number of cyclic esters (lactones) is 1. The van der Waals surface area contributed by atoms with E-state index in [1.807, 2.05) is 6.07 Å². The average Bonchev–Trinajstić information content (AvgIpc) is 2.50. The summed E-state index contributed by atoms with van der Waals surface area (Å²) in [6.45, 7) is 1.68. The van der Waals surface area contributed by atoms with Gasteiger partial charge in [0.25, 0.3) is 6.29 Å². The van der Waals surface area contributed by atoms with E-state index < -0.39 is 6.29 Å². The van der Waals surface area contributed by atoms with Crippen molar-refractivity contribution in [2.45, 2.75) is 13.2 Å². The molecule has 1 aliphatic heterocycles. The van der Waals surface area contributed by atoms with E-state index in [1.54, 1.807) is 31.2 Å². The third-order valence-corrected chi connectivity index (χ3v) is 2.09. The number of esters is 1. The Morgan fingerprint density at radius 1 is 1.40 bits per heavy atom. The van der Waals surface area contributed by atoms with Gasteiger partial charge in [0.15, 0.2) is 0 Å². The van der Waals surface area contributed by atoms with Crippen molar-refractivity contribution in [2.24, 2.45) is 0 Å². The molecule has 0 fully saturated rings. The lowest BCUT2D eigenvalue weighted by molar-refractivity contribution is -0.148. The Balaban J connectivity index is 2.11. The maximum absolute atomic E-state index is 11.1. The van der Waals surface area contributed by atoms with Crippen molar-refractivity contribution in [3.63, 3.8) is 0 Å². The number of nitrogens with two attached hydrogens (primary N) is 1. The smallest absolute Gasteiger partial charge is 0.336 e. The van der Waals surface area contributed by atoms with Gasteiger partial charge in [-0.25, -0.2) is 4.79 Å². The first-order valence-corrected chi connectivity index (χ1v) is 4.57. The highest BCUT2D eigenvalue weighted by atomic mass is 16.7. The summed E-state index contributed by atoms with van der Waals surface area (Å²) in [6, 6.07) is 7.07. The Bertz CT molecular complexity index is 426. The normalized spacial score (nSPS) is 19.7. The SMILES string of the molecule is CC1=CC(Oc2ccccc2N)OC1=O. The number of para-hydroxylation sites is 2. The summed E-state index contributed by atoms with van der Waals surface area (Å²) in [5.74, 6) is 0.163. The largest absolute Gasteiger partial charge is 0.449 e. The number of ether oxygens (including phenoxy) is 2. The van der Waals surface area contributed by atoms with Crippen LogP contribution in [0.1, 0.15) is 6.92 Å². The molecule has 0 saturated heterocycles. The Hall–Kier alpha value is -1.97. The van der Waals surface area contributed by atoms with Crippen LogP contribution in [0.5, 0.6) is 5.75 Å². The molecule has 1 unspecified atom stereocenters. The maximum Gasteiger partial charge on any atom is 0.336 e. The first-order chi connectivity index (χ1) is 7.16. The molecule has 1 aliphatic rings. The van der Waals surface area contributed by atoms with Crippen LogP contribution in [0.3, 0.4) is 0 Å². The lowest BCUT2D eigenvalue weighted by Gasteiger charge is -2.12. The van der Waals surface area contributed by atoms with Gasteiger partial charge in [0, 0.05) is 11.6 Å². The molecule has 4 heteroatoms. The highest BCUT2D eigenvalue weighted by molar-refractivity contribution is 5.90. The number of hydrogen-bond acceptors (Lipinski definition) is 4. The second kappa shape index (κ2) is 3.65. The molecule has 2 N–H and O–H groups in total. The van der Waals surface area contributed by atoms with Crippen molar-refractivity contribution in [1.82, 2.24) is 0 Å². The second-order valence-corrected chi connectivity index (χ2v) is 3.28. The summed E-state index contributed by atoms with van der Waals surface area (Å²) < 4.78 is 10.3. The molecule has 0 saturated carbocycles. The van der Waals surface area contributed by atoms with E-state index in [9.17, 15) is 4.79 Å².